The summed E-state index contributed by atoms with van der Waals surface area (Å²) in [4.78, 5) is 7.30. The molecule has 0 atom stereocenters. The number of aromatic nitrogens is 1. The summed E-state index contributed by atoms with van der Waals surface area (Å²) in [6, 6.07) is 12.2. The van der Waals surface area contributed by atoms with Gasteiger partial charge in [0, 0.05) is 16.2 Å². The number of nitrogens with zero attached hydrogens (tertiary/aromatic N) is 4. The van der Waals surface area contributed by atoms with Crippen LogP contribution in [0, 0.1) is 13.8 Å². The third-order valence-electron chi connectivity index (χ3n) is 2.85. The molecule has 0 aliphatic carbocycles. The van der Waals surface area contributed by atoms with E-state index in [1.807, 2.05) is 19.1 Å². The Morgan fingerprint density at radius 1 is 1.11 bits per heavy atom. The average molecular weight is 238 g/mol. The smallest absolute Gasteiger partial charge is 0.0705 e. The molecule has 0 spiro atoms. The minimum atomic E-state index is 0.351. The third kappa shape index (κ3) is 2.67. The maximum absolute atomic E-state index is 8.31. The number of rotatable bonds is 3. The van der Waals surface area contributed by atoms with Crippen LogP contribution < -0.4 is 0 Å². The van der Waals surface area contributed by atoms with Crippen LogP contribution in [0.2, 0.25) is 0 Å². The first-order chi connectivity index (χ1) is 8.70. The Bertz CT molecular complexity index is 596. The number of azide groups is 1. The largest absolute Gasteiger partial charge is 0.253 e. The molecule has 0 saturated carbocycles. The van der Waals surface area contributed by atoms with Crippen LogP contribution in [0.5, 0.6) is 0 Å². The number of hydrogen-bond acceptors (Lipinski definition) is 2. The zero-order valence-electron chi connectivity index (χ0n) is 10.5. The predicted molar refractivity (Wildman–Crippen MR) is 72.0 cm³/mol. The predicted octanol–water partition coefficient (Wildman–Crippen LogP) is 4.18. The van der Waals surface area contributed by atoms with Crippen molar-refractivity contribution in [2.75, 3.05) is 0 Å². The van der Waals surface area contributed by atoms with Gasteiger partial charge in [-0.15, -0.1) is 0 Å². The Hall–Kier alpha value is -2.32. The Kier molecular flexibility index (Phi) is 3.60. The second-order valence-electron chi connectivity index (χ2n) is 4.20. The fourth-order valence-corrected chi connectivity index (χ4v) is 1.75. The normalized spacial score (nSPS) is 9.89. The minimum absolute atomic E-state index is 0.351. The molecule has 1 aromatic carbocycles. The summed E-state index contributed by atoms with van der Waals surface area (Å²) >= 11 is 0. The van der Waals surface area contributed by atoms with E-state index < -0.39 is 0 Å². The Morgan fingerprint density at radius 2 is 1.83 bits per heavy atom. The molecule has 0 fully saturated rings. The van der Waals surface area contributed by atoms with Crippen LogP contribution in [0.1, 0.15) is 16.8 Å². The maximum atomic E-state index is 8.31. The van der Waals surface area contributed by atoms with Gasteiger partial charge in [0.15, 0.2) is 0 Å². The monoisotopic (exact) mass is 238 g/mol. The lowest BCUT2D eigenvalue weighted by Gasteiger charge is -2.06. The highest BCUT2D eigenvalue weighted by Gasteiger charge is 2.03. The molecule has 0 saturated heterocycles. The van der Waals surface area contributed by atoms with Gasteiger partial charge in [-0.3, -0.25) is 4.98 Å². The van der Waals surface area contributed by atoms with Crippen molar-refractivity contribution < 1.29 is 0 Å². The van der Waals surface area contributed by atoms with Gasteiger partial charge in [0.1, 0.15) is 0 Å². The fraction of sp³-hybridized carbons (Fsp3) is 0.214. The summed E-state index contributed by atoms with van der Waals surface area (Å²) in [7, 11) is 0. The second-order valence-corrected chi connectivity index (χ2v) is 4.20. The van der Waals surface area contributed by atoms with Crippen molar-refractivity contribution in [1.82, 2.24) is 4.98 Å². The first-order valence-electron chi connectivity index (χ1n) is 5.75. The highest BCUT2D eigenvalue weighted by atomic mass is 15.1. The second kappa shape index (κ2) is 5.34. The molecule has 0 N–H and O–H groups in total. The van der Waals surface area contributed by atoms with Gasteiger partial charge in [-0.2, -0.15) is 0 Å². The number of benzene rings is 1. The van der Waals surface area contributed by atoms with E-state index in [1.54, 1.807) is 0 Å². The molecule has 4 nitrogen and oxygen atoms in total. The van der Waals surface area contributed by atoms with Gasteiger partial charge >= 0.3 is 0 Å². The van der Waals surface area contributed by atoms with Gasteiger partial charge in [-0.05, 0) is 31.0 Å². The van der Waals surface area contributed by atoms with Gasteiger partial charge in [0.05, 0.1) is 12.2 Å². The van der Waals surface area contributed by atoms with Crippen molar-refractivity contribution in [3.63, 3.8) is 0 Å². The maximum Gasteiger partial charge on any atom is 0.0705 e. The first-order valence-corrected chi connectivity index (χ1v) is 5.75. The average Bonchev–Trinajstić information content (AvgIpc) is 2.38. The number of hydrogen-bond donors (Lipinski definition) is 0. The molecule has 0 unspecified atom stereocenters. The van der Waals surface area contributed by atoms with E-state index in [1.165, 1.54) is 5.56 Å². The van der Waals surface area contributed by atoms with E-state index in [-0.39, 0.29) is 0 Å². The zero-order valence-corrected chi connectivity index (χ0v) is 10.5. The summed E-state index contributed by atoms with van der Waals surface area (Å²) in [5.41, 5.74) is 13.4. The van der Waals surface area contributed by atoms with Gasteiger partial charge < -0.3 is 0 Å². The summed E-state index contributed by atoms with van der Waals surface area (Å²) in [5.74, 6) is 0. The molecule has 90 valence electrons. The van der Waals surface area contributed by atoms with Crippen molar-refractivity contribution >= 4 is 0 Å². The molecule has 0 bridgehead atoms. The van der Waals surface area contributed by atoms with Crippen molar-refractivity contribution in [3.05, 3.63) is 63.7 Å². The molecule has 0 aliphatic heterocycles. The summed E-state index contributed by atoms with van der Waals surface area (Å²) in [6.07, 6.45) is 0. The Morgan fingerprint density at radius 3 is 2.44 bits per heavy atom. The number of pyridine rings is 1. The van der Waals surface area contributed by atoms with E-state index >= 15 is 0 Å². The minimum Gasteiger partial charge on any atom is -0.253 e. The molecule has 1 heterocycles. The Labute approximate surface area is 106 Å². The van der Waals surface area contributed by atoms with E-state index in [9.17, 15) is 0 Å². The molecule has 4 heteroatoms. The van der Waals surface area contributed by atoms with E-state index in [4.69, 9.17) is 5.53 Å². The van der Waals surface area contributed by atoms with Crippen molar-refractivity contribution in [1.29, 1.82) is 0 Å². The van der Waals surface area contributed by atoms with Gasteiger partial charge in [-0.1, -0.05) is 41.0 Å². The fourth-order valence-electron chi connectivity index (χ4n) is 1.75. The van der Waals surface area contributed by atoms with Crippen molar-refractivity contribution in [2.24, 2.45) is 5.11 Å². The summed E-state index contributed by atoms with van der Waals surface area (Å²) in [6.45, 7) is 4.34. The highest BCUT2D eigenvalue weighted by Crippen LogP contribution is 2.19. The van der Waals surface area contributed by atoms with E-state index in [0.29, 0.717) is 6.54 Å². The molecule has 0 aliphatic rings. The SMILES string of the molecule is Cc1ccc(-c2ccc(CN=[N+]=[N-])c(C)n2)cc1. The van der Waals surface area contributed by atoms with Crippen molar-refractivity contribution in [2.45, 2.75) is 20.4 Å². The standard InChI is InChI=1S/C14H14N4/c1-10-3-5-12(6-4-10)14-8-7-13(9-16-18-15)11(2)17-14/h3-8H,9H2,1-2H3. The first kappa shape index (κ1) is 12.1. The number of aryl methyl sites for hydroxylation is 2. The molecular weight excluding hydrogens is 224 g/mol. The molecule has 18 heavy (non-hydrogen) atoms. The van der Waals surface area contributed by atoms with Crippen LogP contribution in [0.15, 0.2) is 41.5 Å². The van der Waals surface area contributed by atoms with Gasteiger partial charge in [0.2, 0.25) is 0 Å². The van der Waals surface area contributed by atoms with Crippen LogP contribution >= 0.6 is 0 Å². The van der Waals surface area contributed by atoms with E-state index in [0.717, 1.165) is 22.5 Å². The van der Waals surface area contributed by atoms with Crippen LogP contribution in [0.3, 0.4) is 0 Å². The molecule has 1 aromatic heterocycles. The molecule has 2 rings (SSSR count). The molecular formula is C14H14N4. The lowest BCUT2D eigenvalue weighted by Crippen LogP contribution is -1.93. The third-order valence-corrected chi connectivity index (χ3v) is 2.85. The Balaban J connectivity index is 2.33. The highest BCUT2D eigenvalue weighted by molar-refractivity contribution is 5.60. The molecule has 2 aromatic rings. The lowest BCUT2D eigenvalue weighted by molar-refractivity contribution is 0.996. The van der Waals surface area contributed by atoms with Gasteiger partial charge in [0.25, 0.3) is 0 Å². The zero-order chi connectivity index (χ0) is 13.0. The van der Waals surface area contributed by atoms with Crippen LogP contribution in [0.4, 0.5) is 0 Å². The van der Waals surface area contributed by atoms with Gasteiger partial charge in [-0.25, -0.2) is 0 Å². The van der Waals surface area contributed by atoms with Crippen LogP contribution in [-0.2, 0) is 6.54 Å². The summed E-state index contributed by atoms with van der Waals surface area (Å²) in [5, 5.41) is 3.56. The van der Waals surface area contributed by atoms with Crippen molar-refractivity contribution in [3.8, 4) is 11.3 Å². The summed E-state index contributed by atoms with van der Waals surface area (Å²) < 4.78 is 0. The quantitative estimate of drug-likeness (QED) is 0.449. The molecule has 0 amide bonds. The van der Waals surface area contributed by atoms with Crippen LogP contribution in [0.25, 0.3) is 21.7 Å². The van der Waals surface area contributed by atoms with E-state index in [2.05, 4.69) is 46.2 Å². The van der Waals surface area contributed by atoms with Crippen LogP contribution in [-0.4, -0.2) is 4.98 Å². The lowest BCUT2D eigenvalue weighted by atomic mass is 10.1. The molecule has 0 radical (unpaired) electrons. The topological polar surface area (TPSA) is 61.7 Å².